The van der Waals surface area contributed by atoms with E-state index in [-0.39, 0.29) is 24.3 Å². The Bertz CT molecular complexity index is 941. The Hall–Kier alpha value is -2.42. The molecule has 2 heterocycles. The van der Waals surface area contributed by atoms with Gasteiger partial charge in [0.05, 0.1) is 18.2 Å². The van der Waals surface area contributed by atoms with Gasteiger partial charge in [-0.15, -0.1) is 0 Å². The SMILES string of the molecule is C/C=C\C=C(\CBr)C(C)C.CC.O=C(CCc1ccc(C(F)(F)F)cc1)N1CC(N2CCCC2=O)C=N1. The smallest absolute Gasteiger partial charge is 0.333 e. The van der Waals surface area contributed by atoms with Crippen molar-refractivity contribution >= 4 is 34.0 Å². The summed E-state index contributed by atoms with van der Waals surface area (Å²) < 4.78 is 37.6. The average Bonchev–Trinajstić information content (AvgIpc) is 3.53. The lowest BCUT2D eigenvalue weighted by atomic mass is 10.1. The van der Waals surface area contributed by atoms with Gasteiger partial charge in [-0.05, 0) is 43.4 Å². The maximum Gasteiger partial charge on any atom is 0.416 e. The fourth-order valence-electron chi connectivity index (χ4n) is 3.65. The molecule has 5 nitrogen and oxygen atoms in total. The molecule has 2 aliphatic rings. The van der Waals surface area contributed by atoms with Crippen molar-refractivity contribution in [2.75, 3.05) is 18.4 Å². The summed E-state index contributed by atoms with van der Waals surface area (Å²) in [6.45, 7) is 11.5. The van der Waals surface area contributed by atoms with Gasteiger partial charge in [-0.2, -0.15) is 18.3 Å². The Morgan fingerprint density at radius 2 is 1.86 bits per heavy atom. The summed E-state index contributed by atoms with van der Waals surface area (Å²) in [4.78, 5) is 25.7. The highest BCUT2D eigenvalue weighted by molar-refractivity contribution is 9.09. The standard InChI is InChI=1S/C17H18F3N3O2.C9H15Br.C2H6/c18-17(19,20)13-6-3-12(4-7-13)5-8-16(25)23-11-14(10-21-23)22-9-1-2-15(22)24;1-4-5-6-9(7-10)8(2)3;1-2/h3-4,6-7,10,14H,1-2,5,8-9,11H2;4-6,8H,7H2,1-3H3;1-2H3/b;5-4-,9-6-;. The summed E-state index contributed by atoms with van der Waals surface area (Å²) in [5, 5.41) is 6.39. The number of rotatable bonds is 7. The Morgan fingerprint density at radius 1 is 1.22 bits per heavy atom. The van der Waals surface area contributed by atoms with Crippen molar-refractivity contribution in [1.82, 2.24) is 9.91 Å². The minimum absolute atomic E-state index is 0.0792. The van der Waals surface area contributed by atoms with E-state index in [0.717, 1.165) is 23.9 Å². The monoisotopic (exact) mass is 585 g/mol. The molecule has 1 saturated heterocycles. The molecule has 0 radical (unpaired) electrons. The summed E-state index contributed by atoms with van der Waals surface area (Å²) in [7, 11) is 0. The predicted octanol–water partition coefficient (Wildman–Crippen LogP) is 7.02. The van der Waals surface area contributed by atoms with Crippen LogP contribution in [0, 0.1) is 5.92 Å². The second kappa shape index (κ2) is 16.4. The van der Waals surface area contributed by atoms with Crippen LogP contribution in [-0.4, -0.2) is 52.4 Å². The van der Waals surface area contributed by atoms with E-state index in [4.69, 9.17) is 0 Å². The van der Waals surface area contributed by atoms with Crippen LogP contribution >= 0.6 is 15.9 Å². The molecule has 0 spiro atoms. The lowest BCUT2D eigenvalue weighted by Crippen LogP contribution is -2.41. The van der Waals surface area contributed by atoms with Gasteiger partial charge in [-0.1, -0.05) is 79.6 Å². The minimum Gasteiger partial charge on any atom is -0.333 e. The normalized spacial score (nSPS) is 17.7. The average molecular weight is 587 g/mol. The number of hydrogen-bond acceptors (Lipinski definition) is 3. The number of halogens is 4. The first-order valence-electron chi connectivity index (χ1n) is 12.7. The van der Waals surface area contributed by atoms with Crippen molar-refractivity contribution < 1.29 is 22.8 Å². The van der Waals surface area contributed by atoms with Crippen molar-refractivity contribution in [2.45, 2.75) is 72.5 Å². The highest BCUT2D eigenvalue weighted by atomic mass is 79.9. The minimum atomic E-state index is -4.36. The molecule has 1 aromatic rings. The van der Waals surface area contributed by atoms with E-state index in [1.165, 1.54) is 22.7 Å². The molecule has 0 aromatic heterocycles. The maximum absolute atomic E-state index is 12.5. The Balaban J connectivity index is 0.000000483. The van der Waals surface area contributed by atoms with Crippen LogP contribution in [-0.2, 0) is 22.2 Å². The van der Waals surface area contributed by atoms with E-state index in [1.807, 2.05) is 26.8 Å². The fraction of sp³-hybridized carbons (Fsp3) is 0.536. The number of likely N-dealkylation sites (tertiary alicyclic amines) is 1. The molecule has 1 unspecified atom stereocenters. The molecule has 1 aromatic carbocycles. The van der Waals surface area contributed by atoms with Gasteiger partial charge < -0.3 is 4.90 Å². The zero-order valence-corrected chi connectivity index (χ0v) is 24.0. The van der Waals surface area contributed by atoms with Crippen molar-refractivity contribution in [2.24, 2.45) is 11.0 Å². The number of benzene rings is 1. The molecule has 206 valence electrons. The number of allylic oxidation sites excluding steroid dienone is 4. The number of aryl methyl sites for hydroxylation is 1. The van der Waals surface area contributed by atoms with Crippen LogP contribution in [0.2, 0.25) is 0 Å². The van der Waals surface area contributed by atoms with Gasteiger partial charge in [-0.25, -0.2) is 5.01 Å². The summed E-state index contributed by atoms with van der Waals surface area (Å²) >= 11 is 3.44. The molecule has 1 fully saturated rings. The van der Waals surface area contributed by atoms with Gasteiger partial charge in [0.2, 0.25) is 11.8 Å². The van der Waals surface area contributed by atoms with Crippen LogP contribution in [0.25, 0.3) is 0 Å². The molecule has 1 atom stereocenters. The Morgan fingerprint density at radius 3 is 2.35 bits per heavy atom. The predicted molar refractivity (Wildman–Crippen MR) is 148 cm³/mol. The molecule has 3 rings (SSSR count). The second-order valence-corrected chi connectivity index (χ2v) is 9.31. The Kier molecular flexibility index (Phi) is 14.5. The molecule has 2 amide bonds. The molecule has 37 heavy (non-hydrogen) atoms. The number of alkyl halides is 4. The second-order valence-electron chi connectivity index (χ2n) is 8.75. The number of carbonyl (C=O) groups excluding carboxylic acids is 2. The van der Waals surface area contributed by atoms with E-state index < -0.39 is 11.7 Å². The molecule has 0 N–H and O–H groups in total. The molecule has 0 saturated carbocycles. The van der Waals surface area contributed by atoms with Crippen LogP contribution in [0.1, 0.15) is 65.0 Å². The van der Waals surface area contributed by atoms with Crippen LogP contribution in [0.15, 0.2) is 53.2 Å². The summed E-state index contributed by atoms with van der Waals surface area (Å²) in [6, 6.07) is 4.63. The first-order chi connectivity index (χ1) is 17.6. The van der Waals surface area contributed by atoms with E-state index in [0.29, 0.717) is 37.4 Å². The number of carbonyl (C=O) groups is 2. The summed E-state index contributed by atoms with van der Waals surface area (Å²) in [5.74, 6) is 0.524. The van der Waals surface area contributed by atoms with Crippen LogP contribution in [0.3, 0.4) is 0 Å². The first-order valence-corrected chi connectivity index (χ1v) is 13.9. The summed E-state index contributed by atoms with van der Waals surface area (Å²) in [6.07, 6.45) is 5.40. The van der Waals surface area contributed by atoms with Gasteiger partial charge in [-0.3, -0.25) is 9.59 Å². The first kappa shape index (κ1) is 32.6. The van der Waals surface area contributed by atoms with Crippen LogP contribution in [0.4, 0.5) is 13.2 Å². The molecular formula is C28H39BrF3N3O2. The third kappa shape index (κ3) is 10.8. The van der Waals surface area contributed by atoms with E-state index >= 15 is 0 Å². The van der Waals surface area contributed by atoms with E-state index in [9.17, 15) is 22.8 Å². The lowest BCUT2D eigenvalue weighted by Gasteiger charge is -2.22. The number of hydrogen-bond donors (Lipinski definition) is 0. The van der Waals surface area contributed by atoms with Gasteiger partial charge in [0.1, 0.15) is 0 Å². The van der Waals surface area contributed by atoms with Crippen LogP contribution < -0.4 is 0 Å². The molecule has 2 aliphatic heterocycles. The number of nitrogens with zero attached hydrogens (tertiary/aromatic N) is 3. The number of amides is 2. The zero-order chi connectivity index (χ0) is 28.0. The lowest BCUT2D eigenvalue weighted by molar-refractivity contribution is -0.137. The van der Waals surface area contributed by atoms with Crippen molar-refractivity contribution in [3.8, 4) is 0 Å². The Labute approximate surface area is 227 Å². The third-order valence-electron chi connectivity index (χ3n) is 5.84. The van der Waals surface area contributed by atoms with Crippen LogP contribution in [0.5, 0.6) is 0 Å². The highest BCUT2D eigenvalue weighted by Crippen LogP contribution is 2.29. The van der Waals surface area contributed by atoms with Gasteiger partial charge >= 0.3 is 6.18 Å². The van der Waals surface area contributed by atoms with Crippen molar-refractivity contribution in [3.63, 3.8) is 0 Å². The third-order valence-corrected chi connectivity index (χ3v) is 6.49. The fourth-order valence-corrected chi connectivity index (χ4v) is 4.48. The molecular weight excluding hydrogens is 547 g/mol. The topological polar surface area (TPSA) is 53.0 Å². The highest BCUT2D eigenvalue weighted by Gasteiger charge is 2.33. The number of hydrazone groups is 1. The zero-order valence-electron chi connectivity index (χ0n) is 22.4. The van der Waals surface area contributed by atoms with Crippen molar-refractivity contribution in [1.29, 1.82) is 0 Å². The van der Waals surface area contributed by atoms with Gasteiger partial charge in [0.15, 0.2) is 0 Å². The van der Waals surface area contributed by atoms with Gasteiger partial charge in [0, 0.05) is 30.9 Å². The largest absolute Gasteiger partial charge is 0.416 e. The molecule has 0 bridgehead atoms. The van der Waals surface area contributed by atoms with Gasteiger partial charge in [0.25, 0.3) is 0 Å². The summed E-state index contributed by atoms with van der Waals surface area (Å²) in [5.41, 5.74) is 1.40. The van der Waals surface area contributed by atoms with E-state index in [2.05, 4.69) is 47.0 Å². The molecule has 9 heteroatoms. The molecule has 0 aliphatic carbocycles. The van der Waals surface area contributed by atoms with Crippen molar-refractivity contribution in [3.05, 3.63) is 59.2 Å². The van der Waals surface area contributed by atoms with E-state index in [1.54, 1.807) is 11.1 Å². The quantitative estimate of drug-likeness (QED) is 0.255. The maximum atomic E-state index is 12.5.